The number of benzene rings is 1. The molecule has 1 aromatic carbocycles. The van der Waals surface area contributed by atoms with E-state index in [1.165, 1.54) is 5.56 Å². The predicted octanol–water partition coefficient (Wildman–Crippen LogP) is 2.33. The van der Waals surface area contributed by atoms with Crippen molar-refractivity contribution in [3.05, 3.63) is 42.2 Å². The molecular weight excluding hydrogens is 238 g/mol. The number of hydrogen-bond donors (Lipinski definition) is 1. The van der Waals surface area contributed by atoms with Gasteiger partial charge in [-0.25, -0.2) is 4.98 Å². The SMILES string of the molecule is CC(C)(C)c1ccc(-c2nccn2CC(N)=O)cc1. The van der Waals surface area contributed by atoms with Gasteiger partial charge in [0.15, 0.2) is 0 Å². The molecule has 0 atom stereocenters. The molecule has 0 saturated heterocycles. The molecule has 0 bridgehead atoms. The van der Waals surface area contributed by atoms with E-state index < -0.39 is 0 Å². The summed E-state index contributed by atoms with van der Waals surface area (Å²) in [6.07, 6.45) is 3.44. The fourth-order valence-electron chi connectivity index (χ4n) is 1.98. The molecule has 1 amide bonds. The van der Waals surface area contributed by atoms with Crippen molar-refractivity contribution in [2.75, 3.05) is 0 Å². The maximum atomic E-state index is 11.0. The van der Waals surface area contributed by atoms with Gasteiger partial charge in [-0.05, 0) is 11.0 Å². The molecule has 2 aromatic rings. The van der Waals surface area contributed by atoms with Gasteiger partial charge < -0.3 is 10.3 Å². The fourth-order valence-corrected chi connectivity index (χ4v) is 1.98. The predicted molar refractivity (Wildman–Crippen MR) is 75.6 cm³/mol. The van der Waals surface area contributed by atoms with E-state index in [2.05, 4.69) is 37.9 Å². The van der Waals surface area contributed by atoms with Crippen molar-refractivity contribution < 1.29 is 4.79 Å². The highest BCUT2D eigenvalue weighted by atomic mass is 16.1. The minimum atomic E-state index is -0.370. The first kappa shape index (κ1) is 13.3. The standard InChI is InChI=1S/C15H19N3O/c1-15(2,3)12-6-4-11(5-7-12)14-17-8-9-18(14)10-13(16)19/h4-9H,10H2,1-3H3,(H2,16,19). The number of primary amides is 1. The molecule has 0 radical (unpaired) electrons. The molecule has 0 aliphatic rings. The number of carbonyl (C=O) groups excluding carboxylic acids is 1. The number of rotatable bonds is 3. The number of amides is 1. The lowest BCUT2D eigenvalue weighted by Gasteiger charge is -2.19. The molecule has 0 aliphatic heterocycles. The van der Waals surface area contributed by atoms with Gasteiger partial charge >= 0.3 is 0 Å². The second kappa shape index (κ2) is 4.88. The normalized spacial score (nSPS) is 11.5. The molecule has 1 aromatic heterocycles. The highest BCUT2D eigenvalue weighted by Gasteiger charge is 2.14. The Balaban J connectivity index is 2.33. The minimum absolute atomic E-state index is 0.126. The van der Waals surface area contributed by atoms with Gasteiger partial charge in [-0.2, -0.15) is 0 Å². The highest BCUT2D eigenvalue weighted by molar-refractivity contribution is 5.74. The van der Waals surface area contributed by atoms with Crippen LogP contribution < -0.4 is 5.73 Å². The van der Waals surface area contributed by atoms with Crippen LogP contribution >= 0.6 is 0 Å². The van der Waals surface area contributed by atoms with E-state index >= 15 is 0 Å². The smallest absolute Gasteiger partial charge is 0.237 e. The Morgan fingerprint density at radius 1 is 1.26 bits per heavy atom. The van der Waals surface area contributed by atoms with Crippen molar-refractivity contribution in [3.8, 4) is 11.4 Å². The van der Waals surface area contributed by atoms with E-state index in [1.54, 1.807) is 17.0 Å². The molecule has 4 nitrogen and oxygen atoms in total. The number of nitrogens with zero attached hydrogens (tertiary/aromatic N) is 2. The van der Waals surface area contributed by atoms with Crippen molar-refractivity contribution in [2.45, 2.75) is 32.7 Å². The Bertz CT molecular complexity index is 576. The summed E-state index contributed by atoms with van der Waals surface area (Å²) in [5, 5.41) is 0. The number of aromatic nitrogens is 2. The van der Waals surface area contributed by atoms with Gasteiger partial charge in [-0.15, -0.1) is 0 Å². The van der Waals surface area contributed by atoms with E-state index in [9.17, 15) is 4.79 Å². The Morgan fingerprint density at radius 3 is 2.42 bits per heavy atom. The number of hydrogen-bond acceptors (Lipinski definition) is 2. The Labute approximate surface area is 113 Å². The molecule has 0 spiro atoms. The van der Waals surface area contributed by atoms with Crippen LogP contribution in [-0.2, 0) is 16.8 Å². The van der Waals surface area contributed by atoms with Crippen molar-refractivity contribution in [2.24, 2.45) is 5.73 Å². The maximum absolute atomic E-state index is 11.0. The molecule has 0 unspecified atom stereocenters. The van der Waals surface area contributed by atoms with Crippen molar-refractivity contribution >= 4 is 5.91 Å². The number of nitrogens with two attached hydrogens (primary N) is 1. The van der Waals surface area contributed by atoms with E-state index in [4.69, 9.17) is 5.73 Å². The maximum Gasteiger partial charge on any atom is 0.237 e. The van der Waals surface area contributed by atoms with Crippen molar-refractivity contribution in [3.63, 3.8) is 0 Å². The van der Waals surface area contributed by atoms with Gasteiger partial charge in [-0.3, -0.25) is 4.79 Å². The van der Waals surface area contributed by atoms with Crippen LogP contribution in [0.4, 0.5) is 0 Å². The largest absolute Gasteiger partial charge is 0.368 e. The number of imidazole rings is 1. The van der Waals surface area contributed by atoms with Gasteiger partial charge in [0.2, 0.25) is 5.91 Å². The van der Waals surface area contributed by atoms with E-state index in [-0.39, 0.29) is 17.9 Å². The molecular formula is C15H19N3O. The first-order chi connectivity index (χ1) is 8.88. The van der Waals surface area contributed by atoms with E-state index in [0.29, 0.717) is 0 Å². The van der Waals surface area contributed by atoms with Crippen molar-refractivity contribution in [1.82, 2.24) is 9.55 Å². The summed E-state index contributed by atoms with van der Waals surface area (Å²) in [5.41, 5.74) is 7.60. The monoisotopic (exact) mass is 257 g/mol. The third-order valence-electron chi connectivity index (χ3n) is 3.05. The molecule has 1 heterocycles. The molecule has 2 rings (SSSR count). The second-order valence-corrected chi connectivity index (χ2v) is 5.67. The first-order valence-electron chi connectivity index (χ1n) is 6.28. The second-order valence-electron chi connectivity index (χ2n) is 5.67. The lowest BCUT2D eigenvalue weighted by Crippen LogP contribution is -2.18. The van der Waals surface area contributed by atoms with Gasteiger partial charge in [0.25, 0.3) is 0 Å². The Hall–Kier alpha value is -2.10. The summed E-state index contributed by atoms with van der Waals surface area (Å²) in [6, 6.07) is 8.25. The molecule has 100 valence electrons. The topological polar surface area (TPSA) is 60.9 Å². The summed E-state index contributed by atoms with van der Waals surface area (Å²) in [5.74, 6) is 0.393. The van der Waals surface area contributed by atoms with Crippen LogP contribution in [0.3, 0.4) is 0 Å². The average molecular weight is 257 g/mol. The molecule has 0 saturated carbocycles. The zero-order valence-corrected chi connectivity index (χ0v) is 11.6. The van der Waals surface area contributed by atoms with Crippen LogP contribution in [0.15, 0.2) is 36.7 Å². The summed E-state index contributed by atoms with van der Waals surface area (Å²) in [6.45, 7) is 6.68. The summed E-state index contributed by atoms with van der Waals surface area (Å²) in [7, 11) is 0. The van der Waals surface area contributed by atoms with Gasteiger partial charge in [0, 0.05) is 18.0 Å². The lowest BCUT2D eigenvalue weighted by molar-refractivity contribution is -0.118. The third-order valence-corrected chi connectivity index (χ3v) is 3.05. The zero-order valence-electron chi connectivity index (χ0n) is 11.6. The summed E-state index contributed by atoms with van der Waals surface area (Å²) in [4.78, 5) is 15.3. The zero-order chi connectivity index (χ0) is 14.0. The quantitative estimate of drug-likeness (QED) is 0.917. The van der Waals surface area contributed by atoms with Crippen LogP contribution in [0.2, 0.25) is 0 Å². The fraction of sp³-hybridized carbons (Fsp3) is 0.333. The first-order valence-corrected chi connectivity index (χ1v) is 6.28. The van der Waals surface area contributed by atoms with Crippen molar-refractivity contribution in [1.29, 1.82) is 0 Å². The molecule has 0 fully saturated rings. The van der Waals surface area contributed by atoms with Crippen LogP contribution in [-0.4, -0.2) is 15.5 Å². The van der Waals surface area contributed by atoms with Crippen LogP contribution in [0, 0.1) is 0 Å². The van der Waals surface area contributed by atoms with Crippen LogP contribution in [0.25, 0.3) is 11.4 Å². The average Bonchev–Trinajstić information content (AvgIpc) is 2.75. The molecule has 4 heteroatoms. The van der Waals surface area contributed by atoms with Crippen LogP contribution in [0.1, 0.15) is 26.3 Å². The Morgan fingerprint density at radius 2 is 1.89 bits per heavy atom. The summed E-state index contributed by atoms with van der Waals surface area (Å²) < 4.78 is 1.76. The molecule has 2 N–H and O–H groups in total. The third kappa shape index (κ3) is 3.02. The minimum Gasteiger partial charge on any atom is -0.368 e. The highest BCUT2D eigenvalue weighted by Crippen LogP contribution is 2.25. The van der Waals surface area contributed by atoms with E-state index in [1.807, 2.05) is 12.1 Å². The Kier molecular flexibility index (Phi) is 3.42. The van der Waals surface area contributed by atoms with Crippen LogP contribution in [0.5, 0.6) is 0 Å². The molecule has 0 aliphatic carbocycles. The molecule has 19 heavy (non-hydrogen) atoms. The van der Waals surface area contributed by atoms with Gasteiger partial charge in [0.1, 0.15) is 12.4 Å². The van der Waals surface area contributed by atoms with Gasteiger partial charge in [0.05, 0.1) is 0 Å². The van der Waals surface area contributed by atoms with Gasteiger partial charge in [-0.1, -0.05) is 45.0 Å². The summed E-state index contributed by atoms with van der Waals surface area (Å²) >= 11 is 0. The number of carbonyl (C=O) groups is 1. The lowest BCUT2D eigenvalue weighted by atomic mass is 9.87. The van der Waals surface area contributed by atoms with E-state index in [0.717, 1.165) is 11.4 Å².